The molecular weight excluding hydrogens is 378 g/mol. The van der Waals surface area contributed by atoms with Crippen LogP contribution >= 0.6 is 0 Å². The highest BCUT2D eigenvalue weighted by Crippen LogP contribution is 2.26. The van der Waals surface area contributed by atoms with Gasteiger partial charge in [0, 0.05) is 19.0 Å². The minimum atomic E-state index is -3.59. The fraction of sp³-hybridized carbons (Fsp3) is 0.421. The molecule has 0 atom stereocenters. The van der Waals surface area contributed by atoms with Crippen LogP contribution in [0.5, 0.6) is 0 Å². The predicted molar refractivity (Wildman–Crippen MR) is 104 cm³/mol. The summed E-state index contributed by atoms with van der Waals surface area (Å²) in [6, 6.07) is 8.82. The van der Waals surface area contributed by atoms with E-state index in [9.17, 15) is 13.2 Å². The highest BCUT2D eigenvalue weighted by molar-refractivity contribution is 7.89. The number of rotatable bonds is 4. The van der Waals surface area contributed by atoms with Crippen molar-refractivity contribution in [2.45, 2.75) is 37.5 Å². The Hall–Kier alpha value is -2.70. The van der Waals surface area contributed by atoms with E-state index in [1.54, 1.807) is 12.1 Å². The monoisotopic (exact) mass is 401 g/mol. The van der Waals surface area contributed by atoms with Gasteiger partial charge in [-0.25, -0.2) is 8.42 Å². The second kappa shape index (κ2) is 7.73. The van der Waals surface area contributed by atoms with Crippen LogP contribution in [0.25, 0.3) is 0 Å². The second-order valence-electron chi connectivity index (χ2n) is 7.21. The maximum Gasteiger partial charge on any atom is 0.251 e. The molecule has 148 valence electrons. The first kappa shape index (κ1) is 20.0. The van der Waals surface area contributed by atoms with Gasteiger partial charge in [0.1, 0.15) is 17.5 Å². The summed E-state index contributed by atoms with van der Waals surface area (Å²) in [6.45, 7) is 4.60. The quantitative estimate of drug-likeness (QED) is 0.838. The number of nitrogens with zero attached hydrogens (tertiary/aromatic N) is 4. The van der Waals surface area contributed by atoms with Crippen LogP contribution in [0.2, 0.25) is 0 Å². The van der Waals surface area contributed by atoms with Crippen molar-refractivity contribution in [2.24, 2.45) is 5.92 Å². The predicted octanol–water partition coefficient (Wildman–Crippen LogP) is 2.20. The highest BCUT2D eigenvalue weighted by atomic mass is 32.2. The molecule has 1 aromatic carbocycles. The molecule has 2 heterocycles. The van der Waals surface area contributed by atoms with Crippen molar-refractivity contribution in [1.29, 1.82) is 5.26 Å². The van der Waals surface area contributed by atoms with Gasteiger partial charge >= 0.3 is 0 Å². The van der Waals surface area contributed by atoms with E-state index >= 15 is 0 Å². The van der Waals surface area contributed by atoms with Gasteiger partial charge in [-0.2, -0.15) is 19.3 Å². The van der Waals surface area contributed by atoms with E-state index in [1.165, 1.54) is 10.5 Å². The average Bonchev–Trinajstić information content (AvgIpc) is 3.08. The Morgan fingerprint density at radius 1 is 1.25 bits per heavy atom. The zero-order chi connectivity index (χ0) is 20.5. The molecule has 0 unspecified atom stereocenters. The second-order valence-corrected chi connectivity index (χ2v) is 9.15. The topological polar surface area (TPSA) is 122 Å². The van der Waals surface area contributed by atoms with Gasteiger partial charge in [0.15, 0.2) is 0 Å². The van der Waals surface area contributed by atoms with Gasteiger partial charge in [-0.1, -0.05) is 26.0 Å². The molecule has 0 amide bonds. The van der Waals surface area contributed by atoms with Crippen molar-refractivity contribution >= 4 is 21.7 Å². The lowest BCUT2D eigenvalue weighted by Gasteiger charge is -2.30. The van der Waals surface area contributed by atoms with Gasteiger partial charge in [-0.05, 0) is 36.5 Å². The summed E-state index contributed by atoms with van der Waals surface area (Å²) in [4.78, 5) is 12.9. The molecule has 9 heteroatoms. The molecule has 1 aliphatic heterocycles. The molecular formula is C19H23N5O3S. The number of nitrogen functional groups attached to an aromatic ring is 1. The van der Waals surface area contributed by atoms with Crippen LogP contribution in [0.1, 0.15) is 48.5 Å². The number of carbonyl (C=O) groups excluding carboxylic acids is 1. The van der Waals surface area contributed by atoms with E-state index in [2.05, 4.69) is 18.9 Å². The largest absolute Gasteiger partial charge is 0.382 e. The summed E-state index contributed by atoms with van der Waals surface area (Å²) in [5.41, 5.74) is 7.01. The normalized spacial score (nSPS) is 16.2. The Balaban J connectivity index is 1.69. The van der Waals surface area contributed by atoms with Crippen molar-refractivity contribution in [1.82, 2.24) is 14.1 Å². The summed E-state index contributed by atoms with van der Waals surface area (Å²) < 4.78 is 28.2. The van der Waals surface area contributed by atoms with Crippen molar-refractivity contribution in [2.75, 3.05) is 18.8 Å². The van der Waals surface area contributed by atoms with Crippen LogP contribution in [0.3, 0.4) is 0 Å². The van der Waals surface area contributed by atoms with E-state index in [1.807, 2.05) is 18.2 Å². The lowest BCUT2D eigenvalue weighted by molar-refractivity contribution is 0.0773. The third kappa shape index (κ3) is 3.66. The standard InChI is InChI=1S/C19H23N5O3S/c1-13(2)14-3-5-17(6-4-14)28(26,27)23-9-7-15(8-10-23)19(25)24-18(21)16(11-20)12-22-24/h3-6,12-13,15H,7-10,21H2,1-2H3. The van der Waals surface area contributed by atoms with Crippen molar-refractivity contribution < 1.29 is 13.2 Å². The first-order valence-corrected chi connectivity index (χ1v) is 10.6. The van der Waals surface area contributed by atoms with Gasteiger partial charge in [0.25, 0.3) is 5.91 Å². The van der Waals surface area contributed by atoms with E-state index in [0.717, 1.165) is 10.2 Å². The lowest BCUT2D eigenvalue weighted by atomic mass is 9.97. The Morgan fingerprint density at radius 3 is 2.36 bits per heavy atom. The van der Waals surface area contributed by atoms with Gasteiger partial charge < -0.3 is 5.73 Å². The minimum Gasteiger partial charge on any atom is -0.382 e. The van der Waals surface area contributed by atoms with E-state index in [0.29, 0.717) is 18.8 Å². The molecule has 0 spiro atoms. The molecule has 0 saturated carbocycles. The lowest BCUT2D eigenvalue weighted by Crippen LogP contribution is -2.41. The maximum absolute atomic E-state index is 12.9. The Bertz CT molecular complexity index is 1010. The number of sulfonamides is 1. The zero-order valence-corrected chi connectivity index (χ0v) is 16.7. The van der Waals surface area contributed by atoms with Crippen LogP contribution in [-0.4, -0.2) is 41.5 Å². The fourth-order valence-electron chi connectivity index (χ4n) is 3.31. The number of nitrogens with two attached hydrogens (primary N) is 1. The molecule has 1 aromatic heterocycles. The molecule has 2 N–H and O–H groups in total. The third-order valence-electron chi connectivity index (χ3n) is 5.12. The molecule has 1 aliphatic rings. The molecule has 8 nitrogen and oxygen atoms in total. The highest BCUT2D eigenvalue weighted by Gasteiger charge is 2.33. The van der Waals surface area contributed by atoms with E-state index in [-0.39, 0.29) is 41.2 Å². The summed E-state index contributed by atoms with van der Waals surface area (Å²) in [6.07, 6.45) is 2.01. The summed E-state index contributed by atoms with van der Waals surface area (Å²) in [7, 11) is -3.59. The number of aromatic nitrogens is 2. The molecule has 3 rings (SSSR count). The van der Waals surface area contributed by atoms with Gasteiger partial charge in [0.2, 0.25) is 10.0 Å². The average molecular weight is 401 g/mol. The third-order valence-corrected chi connectivity index (χ3v) is 7.04. The van der Waals surface area contributed by atoms with E-state index < -0.39 is 10.0 Å². The number of carbonyl (C=O) groups is 1. The number of nitriles is 1. The van der Waals surface area contributed by atoms with Gasteiger partial charge in [-0.3, -0.25) is 4.79 Å². The molecule has 28 heavy (non-hydrogen) atoms. The number of anilines is 1. The van der Waals surface area contributed by atoms with Crippen LogP contribution in [0.15, 0.2) is 35.4 Å². The molecule has 2 aromatic rings. The van der Waals surface area contributed by atoms with Gasteiger partial charge in [-0.15, -0.1) is 0 Å². The Kier molecular flexibility index (Phi) is 5.54. The SMILES string of the molecule is CC(C)c1ccc(S(=O)(=O)N2CCC(C(=O)n3ncc(C#N)c3N)CC2)cc1. The van der Waals surface area contributed by atoms with Crippen LogP contribution < -0.4 is 5.73 Å². The summed E-state index contributed by atoms with van der Waals surface area (Å²) in [5.74, 6) is -0.344. The van der Waals surface area contributed by atoms with Crippen LogP contribution in [-0.2, 0) is 10.0 Å². The van der Waals surface area contributed by atoms with Crippen LogP contribution in [0.4, 0.5) is 5.82 Å². The molecule has 0 aliphatic carbocycles. The van der Waals surface area contributed by atoms with Crippen molar-refractivity contribution in [3.05, 3.63) is 41.6 Å². The molecule has 1 fully saturated rings. The number of hydrogen-bond donors (Lipinski definition) is 1. The van der Waals surface area contributed by atoms with Crippen molar-refractivity contribution in [3.63, 3.8) is 0 Å². The Morgan fingerprint density at radius 2 is 1.86 bits per heavy atom. The van der Waals surface area contributed by atoms with Gasteiger partial charge in [0.05, 0.1) is 11.1 Å². The van der Waals surface area contributed by atoms with E-state index in [4.69, 9.17) is 11.0 Å². The molecule has 1 saturated heterocycles. The Labute approximate surface area is 164 Å². The first-order valence-electron chi connectivity index (χ1n) is 9.13. The van der Waals surface area contributed by atoms with Crippen molar-refractivity contribution in [3.8, 4) is 6.07 Å². The first-order chi connectivity index (χ1) is 13.3. The zero-order valence-electron chi connectivity index (χ0n) is 15.9. The fourth-order valence-corrected chi connectivity index (χ4v) is 4.78. The number of benzene rings is 1. The summed E-state index contributed by atoms with van der Waals surface area (Å²) >= 11 is 0. The molecule has 0 bridgehead atoms. The number of hydrogen-bond acceptors (Lipinski definition) is 6. The smallest absolute Gasteiger partial charge is 0.251 e. The maximum atomic E-state index is 12.9. The number of piperidine rings is 1. The minimum absolute atomic E-state index is 0.0211. The van der Waals surface area contributed by atoms with Crippen LogP contribution in [0, 0.1) is 17.2 Å². The molecule has 0 radical (unpaired) electrons. The summed E-state index contributed by atoms with van der Waals surface area (Å²) in [5, 5.41) is 12.8.